The lowest BCUT2D eigenvalue weighted by molar-refractivity contribution is -0.138. The molecule has 7 nitrogen and oxygen atoms in total. The summed E-state index contributed by atoms with van der Waals surface area (Å²) in [7, 11) is 4.57. The third-order valence-electron chi connectivity index (χ3n) is 5.79. The van der Waals surface area contributed by atoms with Gasteiger partial charge in [0.25, 0.3) is 0 Å². The molecule has 2 aromatic rings. The SMILES string of the molecule is CCOC(=O)C1=C(C)NC2=C(C(=O)c3ccccc32)C1c1ccc(OC)c(OC)c1OC. The zero-order chi connectivity index (χ0) is 23.0. The van der Waals surface area contributed by atoms with Gasteiger partial charge in [0, 0.05) is 28.0 Å². The van der Waals surface area contributed by atoms with Crippen LogP contribution in [0.5, 0.6) is 17.2 Å². The van der Waals surface area contributed by atoms with Crippen molar-refractivity contribution in [2.75, 3.05) is 27.9 Å². The van der Waals surface area contributed by atoms with Gasteiger partial charge in [0.1, 0.15) is 0 Å². The molecule has 0 spiro atoms. The fourth-order valence-electron chi connectivity index (χ4n) is 4.47. The Morgan fingerprint density at radius 3 is 2.28 bits per heavy atom. The highest BCUT2D eigenvalue weighted by Gasteiger charge is 2.44. The number of rotatable bonds is 6. The maximum atomic E-state index is 13.6. The molecule has 0 aromatic heterocycles. The predicted octanol–water partition coefficient (Wildman–Crippen LogP) is 3.84. The Labute approximate surface area is 186 Å². The van der Waals surface area contributed by atoms with Crippen molar-refractivity contribution in [3.63, 3.8) is 0 Å². The van der Waals surface area contributed by atoms with Crippen molar-refractivity contribution in [3.05, 3.63) is 69.9 Å². The van der Waals surface area contributed by atoms with Gasteiger partial charge < -0.3 is 24.3 Å². The zero-order valence-corrected chi connectivity index (χ0v) is 18.7. The minimum absolute atomic E-state index is 0.140. The average molecular weight is 435 g/mol. The molecule has 166 valence electrons. The van der Waals surface area contributed by atoms with E-state index in [1.165, 1.54) is 21.3 Å². The lowest BCUT2D eigenvalue weighted by Gasteiger charge is -2.30. The van der Waals surface area contributed by atoms with E-state index in [-0.39, 0.29) is 12.4 Å². The van der Waals surface area contributed by atoms with E-state index in [4.69, 9.17) is 18.9 Å². The molecule has 1 aliphatic heterocycles. The molecular weight excluding hydrogens is 410 g/mol. The number of dihydropyridines is 1. The molecule has 1 unspecified atom stereocenters. The van der Waals surface area contributed by atoms with Crippen LogP contribution in [0.4, 0.5) is 0 Å². The van der Waals surface area contributed by atoms with E-state index in [9.17, 15) is 9.59 Å². The van der Waals surface area contributed by atoms with Gasteiger partial charge in [0.05, 0.1) is 45.1 Å². The molecule has 0 fully saturated rings. The Balaban J connectivity index is 2.01. The van der Waals surface area contributed by atoms with Crippen LogP contribution >= 0.6 is 0 Å². The van der Waals surface area contributed by atoms with Gasteiger partial charge in [-0.05, 0) is 19.9 Å². The first-order valence-corrected chi connectivity index (χ1v) is 10.3. The summed E-state index contributed by atoms with van der Waals surface area (Å²) >= 11 is 0. The number of hydrogen-bond donors (Lipinski definition) is 1. The van der Waals surface area contributed by atoms with Crippen LogP contribution in [0.2, 0.25) is 0 Å². The third kappa shape index (κ3) is 3.12. The summed E-state index contributed by atoms with van der Waals surface area (Å²) in [4.78, 5) is 26.6. The van der Waals surface area contributed by atoms with Gasteiger partial charge >= 0.3 is 5.97 Å². The van der Waals surface area contributed by atoms with Gasteiger partial charge in [-0.3, -0.25) is 4.79 Å². The highest BCUT2D eigenvalue weighted by molar-refractivity contribution is 6.23. The second-order valence-electron chi connectivity index (χ2n) is 7.40. The second-order valence-corrected chi connectivity index (χ2v) is 7.40. The summed E-state index contributed by atoms with van der Waals surface area (Å²) in [6.07, 6.45) is 0. The molecule has 0 saturated heterocycles. The second kappa shape index (κ2) is 8.42. The third-order valence-corrected chi connectivity index (χ3v) is 5.79. The quantitative estimate of drug-likeness (QED) is 0.690. The molecule has 2 aliphatic rings. The summed E-state index contributed by atoms with van der Waals surface area (Å²) in [6.45, 7) is 3.77. The molecule has 0 bridgehead atoms. The number of ketones is 1. The summed E-state index contributed by atoms with van der Waals surface area (Å²) in [6, 6.07) is 10.9. The van der Waals surface area contributed by atoms with Crippen LogP contribution in [-0.2, 0) is 9.53 Å². The van der Waals surface area contributed by atoms with Gasteiger partial charge in [-0.25, -0.2) is 4.79 Å². The Morgan fingerprint density at radius 2 is 1.66 bits per heavy atom. The Hall–Kier alpha value is -3.74. The predicted molar refractivity (Wildman–Crippen MR) is 119 cm³/mol. The Morgan fingerprint density at radius 1 is 0.969 bits per heavy atom. The number of hydrogen-bond acceptors (Lipinski definition) is 7. The van der Waals surface area contributed by atoms with Crippen LogP contribution in [-0.4, -0.2) is 39.7 Å². The van der Waals surface area contributed by atoms with Gasteiger partial charge in [-0.1, -0.05) is 30.3 Å². The Bertz CT molecular complexity index is 1180. The van der Waals surface area contributed by atoms with Crippen molar-refractivity contribution in [1.82, 2.24) is 5.32 Å². The number of benzene rings is 2. The van der Waals surface area contributed by atoms with Crippen LogP contribution < -0.4 is 19.5 Å². The Kier molecular flexibility index (Phi) is 5.65. The van der Waals surface area contributed by atoms with Crippen molar-refractivity contribution >= 4 is 17.4 Å². The number of carbonyl (C=O) groups excluding carboxylic acids is 2. The van der Waals surface area contributed by atoms with Gasteiger partial charge in [-0.15, -0.1) is 0 Å². The average Bonchev–Trinajstić information content (AvgIpc) is 3.08. The molecule has 2 aromatic carbocycles. The molecule has 1 N–H and O–H groups in total. The molecule has 0 amide bonds. The molecule has 0 saturated carbocycles. The van der Waals surface area contributed by atoms with E-state index in [1.54, 1.807) is 25.1 Å². The highest BCUT2D eigenvalue weighted by atomic mass is 16.5. The van der Waals surface area contributed by atoms with E-state index in [1.807, 2.05) is 25.1 Å². The topological polar surface area (TPSA) is 83.1 Å². The summed E-state index contributed by atoms with van der Waals surface area (Å²) in [5.74, 6) is -0.0783. The van der Waals surface area contributed by atoms with E-state index in [2.05, 4.69) is 5.32 Å². The smallest absolute Gasteiger partial charge is 0.336 e. The molecular formula is C25H25NO6. The van der Waals surface area contributed by atoms with Crippen molar-refractivity contribution in [2.24, 2.45) is 0 Å². The van der Waals surface area contributed by atoms with E-state index in [0.29, 0.717) is 50.9 Å². The number of ether oxygens (including phenoxy) is 4. The normalized spacial score (nSPS) is 16.9. The lowest BCUT2D eigenvalue weighted by atomic mass is 9.79. The summed E-state index contributed by atoms with van der Waals surface area (Å²) < 4.78 is 22.1. The van der Waals surface area contributed by atoms with Crippen molar-refractivity contribution in [3.8, 4) is 17.2 Å². The molecule has 7 heteroatoms. The number of nitrogens with one attached hydrogen (secondary N) is 1. The first kappa shape index (κ1) is 21.5. The van der Waals surface area contributed by atoms with E-state index >= 15 is 0 Å². The van der Waals surface area contributed by atoms with Gasteiger partial charge in [0.15, 0.2) is 17.3 Å². The van der Waals surface area contributed by atoms with E-state index < -0.39 is 11.9 Å². The molecule has 1 aliphatic carbocycles. The maximum absolute atomic E-state index is 13.6. The lowest BCUT2D eigenvalue weighted by Crippen LogP contribution is -2.29. The standard InChI is InChI=1S/C25H25NO6/c1-6-32-25(28)18-13(2)26-21-14-9-7-8-10-15(14)22(27)20(21)19(18)16-11-12-17(29-3)24(31-5)23(16)30-4/h7-12,19,26H,6H2,1-5H3. The number of esters is 1. The number of fused-ring (bicyclic) bond motifs is 2. The minimum Gasteiger partial charge on any atom is -0.493 e. The van der Waals surface area contributed by atoms with Crippen molar-refractivity contribution < 1.29 is 28.5 Å². The largest absolute Gasteiger partial charge is 0.493 e. The first-order valence-electron chi connectivity index (χ1n) is 10.3. The molecule has 0 radical (unpaired) electrons. The fraction of sp³-hybridized carbons (Fsp3) is 0.280. The first-order chi connectivity index (χ1) is 15.5. The van der Waals surface area contributed by atoms with Crippen molar-refractivity contribution in [1.29, 1.82) is 0 Å². The maximum Gasteiger partial charge on any atom is 0.336 e. The van der Waals surface area contributed by atoms with Crippen molar-refractivity contribution in [2.45, 2.75) is 19.8 Å². The number of allylic oxidation sites excluding steroid dienone is 2. The molecule has 1 atom stereocenters. The van der Waals surface area contributed by atoms with Gasteiger partial charge in [-0.2, -0.15) is 0 Å². The highest BCUT2D eigenvalue weighted by Crippen LogP contribution is 2.52. The van der Waals surface area contributed by atoms with Crippen LogP contribution in [0.15, 0.2) is 53.2 Å². The fourth-order valence-corrected chi connectivity index (χ4v) is 4.47. The number of methoxy groups -OCH3 is 3. The van der Waals surface area contributed by atoms with Crippen LogP contribution in [0.1, 0.15) is 41.3 Å². The monoisotopic (exact) mass is 435 g/mol. The minimum atomic E-state index is -0.708. The molecule has 32 heavy (non-hydrogen) atoms. The summed E-state index contributed by atoms with van der Waals surface area (Å²) in [5.41, 5.74) is 4.16. The van der Waals surface area contributed by atoms with E-state index in [0.717, 1.165) is 5.56 Å². The molecule has 1 heterocycles. The van der Waals surface area contributed by atoms with Gasteiger partial charge in [0.2, 0.25) is 5.75 Å². The van der Waals surface area contributed by atoms with Crippen LogP contribution in [0, 0.1) is 0 Å². The number of carbonyl (C=O) groups is 2. The van der Waals surface area contributed by atoms with Crippen LogP contribution in [0.25, 0.3) is 5.70 Å². The number of Topliss-reactive ketones (excluding diaryl/α,β-unsaturated/α-hetero) is 1. The summed E-state index contributed by atoms with van der Waals surface area (Å²) in [5, 5.41) is 3.28. The van der Waals surface area contributed by atoms with Crippen LogP contribution in [0.3, 0.4) is 0 Å². The molecule has 4 rings (SSSR count). The zero-order valence-electron chi connectivity index (χ0n) is 18.7.